The van der Waals surface area contributed by atoms with E-state index in [1.807, 2.05) is 30.5 Å². The van der Waals surface area contributed by atoms with E-state index in [4.69, 9.17) is 0 Å². The smallest absolute Gasteiger partial charge is 0.278 e. The minimum absolute atomic E-state index is 0.0516. The number of aromatic amines is 2. The second-order valence-corrected chi connectivity index (χ2v) is 5.50. The predicted octanol–water partition coefficient (Wildman–Crippen LogP) is 2.66. The first kappa shape index (κ1) is 12.2. The summed E-state index contributed by atoms with van der Waals surface area (Å²) < 4.78 is 0. The minimum Gasteiger partial charge on any atom is -0.361 e. The van der Waals surface area contributed by atoms with Crippen LogP contribution in [0.4, 0.5) is 5.69 Å². The summed E-state index contributed by atoms with van der Waals surface area (Å²) in [6, 6.07) is 7.95. The molecule has 5 heteroatoms. The van der Waals surface area contributed by atoms with Crippen molar-refractivity contribution in [2.75, 3.05) is 11.9 Å². The molecule has 0 radical (unpaired) electrons. The molecule has 0 spiro atoms. The minimum atomic E-state index is -0.0516. The monoisotopic (exact) mass is 280 g/mol. The molecule has 3 aromatic rings. The van der Waals surface area contributed by atoms with Crippen LogP contribution in [-0.2, 0) is 12.8 Å². The second-order valence-electron chi connectivity index (χ2n) is 5.50. The lowest BCUT2D eigenvalue weighted by molar-refractivity contribution is 0.0987. The van der Waals surface area contributed by atoms with Gasteiger partial charge in [0.15, 0.2) is 5.69 Å². The van der Waals surface area contributed by atoms with E-state index < -0.39 is 0 Å². The maximum Gasteiger partial charge on any atom is 0.278 e. The zero-order chi connectivity index (χ0) is 14.4. The van der Waals surface area contributed by atoms with Gasteiger partial charge in [0.1, 0.15) is 0 Å². The number of fused-ring (bicyclic) bond motifs is 2. The molecule has 0 aliphatic heterocycles. The maximum absolute atomic E-state index is 12.7. The summed E-state index contributed by atoms with van der Waals surface area (Å²) in [7, 11) is 1.80. The van der Waals surface area contributed by atoms with Crippen molar-refractivity contribution in [1.29, 1.82) is 0 Å². The Morgan fingerprint density at radius 2 is 2.19 bits per heavy atom. The number of nitrogens with zero attached hydrogens (tertiary/aromatic N) is 2. The Balaban J connectivity index is 1.69. The molecule has 2 heterocycles. The third kappa shape index (κ3) is 1.85. The number of amides is 1. The van der Waals surface area contributed by atoms with Crippen molar-refractivity contribution in [3.63, 3.8) is 0 Å². The van der Waals surface area contributed by atoms with Gasteiger partial charge in [0.05, 0.1) is 0 Å². The summed E-state index contributed by atoms with van der Waals surface area (Å²) in [5, 5.41) is 8.31. The molecule has 1 aromatic carbocycles. The van der Waals surface area contributed by atoms with Crippen molar-refractivity contribution in [3.8, 4) is 0 Å². The highest BCUT2D eigenvalue weighted by molar-refractivity contribution is 6.06. The molecule has 106 valence electrons. The van der Waals surface area contributed by atoms with Gasteiger partial charge in [-0.2, -0.15) is 5.10 Å². The van der Waals surface area contributed by atoms with Gasteiger partial charge in [0.25, 0.3) is 5.91 Å². The molecule has 2 N–H and O–H groups in total. The van der Waals surface area contributed by atoms with Crippen LogP contribution >= 0.6 is 0 Å². The Morgan fingerprint density at radius 1 is 1.29 bits per heavy atom. The highest BCUT2D eigenvalue weighted by Crippen LogP contribution is 2.26. The molecule has 21 heavy (non-hydrogen) atoms. The van der Waals surface area contributed by atoms with E-state index in [0.29, 0.717) is 5.69 Å². The van der Waals surface area contributed by atoms with Crippen molar-refractivity contribution < 1.29 is 4.79 Å². The molecule has 0 atom stereocenters. The van der Waals surface area contributed by atoms with Crippen LogP contribution < -0.4 is 4.90 Å². The van der Waals surface area contributed by atoms with Gasteiger partial charge in [-0.1, -0.05) is 0 Å². The van der Waals surface area contributed by atoms with Crippen molar-refractivity contribution >= 4 is 22.5 Å². The lowest BCUT2D eigenvalue weighted by Gasteiger charge is -2.16. The Bertz CT molecular complexity index is 830. The number of benzene rings is 1. The Kier molecular flexibility index (Phi) is 2.60. The molecule has 0 saturated carbocycles. The van der Waals surface area contributed by atoms with Crippen LogP contribution in [0, 0.1) is 0 Å². The van der Waals surface area contributed by atoms with Crippen LogP contribution in [0.25, 0.3) is 10.9 Å². The third-order valence-electron chi connectivity index (χ3n) is 4.24. The first-order chi connectivity index (χ1) is 10.2. The quantitative estimate of drug-likeness (QED) is 0.758. The third-order valence-corrected chi connectivity index (χ3v) is 4.24. The summed E-state index contributed by atoms with van der Waals surface area (Å²) in [5.41, 5.74) is 4.73. The second kappa shape index (κ2) is 4.48. The van der Waals surface area contributed by atoms with Crippen LogP contribution in [-0.4, -0.2) is 28.1 Å². The van der Waals surface area contributed by atoms with E-state index in [-0.39, 0.29) is 5.91 Å². The standard InChI is InChI=1S/C16H16N4O/c1-20(11-5-6-13-10(9-11)7-8-17-13)16(21)15-12-3-2-4-14(12)18-19-15/h5-9,17H,2-4H2,1H3,(H,18,19). The summed E-state index contributed by atoms with van der Waals surface area (Å²) in [6.45, 7) is 0. The number of H-pyrrole nitrogens is 2. The number of hydrogen-bond donors (Lipinski definition) is 2. The van der Waals surface area contributed by atoms with Crippen LogP contribution in [0.1, 0.15) is 28.2 Å². The number of aromatic nitrogens is 3. The number of aryl methyl sites for hydroxylation is 1. The average Bonchev–Trinajstić information content (AvgIpc) is 3.20. The fourth-order valence-electron chi connectivity index (χ4n) is 3.02. The van der Waals surface area contributed by atoms with Gasteiger partial charge in [0, 0.05) is 41.1 Å². The highest BCUT2D eigenvalue weighted by Gasteiger charge is 2.25. The first-order valence-corrected chi connectivity index (χ1v) is 7.15. The molecular formula is C16H16N4O. The number of anilines is 1. The molecule has 0 unspecified atom stereocenters. The van der Waals surface area contributed by atoms with Gasteiger partial charge in [0.2, 0.25) is 0 Å². The van der Waals surface area contributed by atoms with Gasteiger partial charge in [-0.05, 0) is 43.5 Å². The fourth-order valence-corrected chi connectivity index (χ4v) is 3.02. The molecule has 1 amide bonds. The van der Waals surface area contributed by atoms with Gasteiger partial charge in [-0.25, -0.2) is 0 Å². The molecule has 0 bridgehead atoms. The SMILES string of the molecule is CN(C(=O)c1n[nH]c2c1CCC2)c1ccc2[nH]ccc2c1. The Labute approximate surface area is 122 Å². The topological polar surface area (TPSA) is 64.8 Å². The first-order valence-electron chi connectivity index (χ1n) is 7.15. The Hall–Kier alpha value is -2.56. The van der Waals surface area contributed by atoms with Gasteiger partial charge < -0.3 is 9.88 Å². The lowest BCUT2D eigenvalue weighted by atomic mass is 10.1. The van der Waals surface area contributed by atoms with E-state index in [1.165, 1.54) is 0 Å². The van der Waals surface area contributed by atoms with E-state index in [9.17, 15) is 4.79 Å². The number of hydrogen-bond acceptors (Lipinski definition) is 2. The molecular weight excluding hydrogens is 264 g/mol. The average molecular weight is 280 g/mol. The van der Waals surface area contributed by atoms with Crippen LogP contribution in [0.15, 0.2) is 30.5 Å². The van der Waals surface area contributed by atoms with Crippen molar-refractivity contribution in [3.05, 3.63) is 47.4 Å². The van der Waals surface area contributed by atoms with Crippen molar-refractivity contribution in [1.82, 2.24) is 15.2 Å². The summed E-state index contributed by atoms with van der Waals surface area (Å²) in [6.07, 6.45) is 4.94. The molecule has 1 aliphatic rings. The number of nitrogens with one attached hydrogen (secondary N) is 2. The zero-order valence-corrected chi connectivity index (χ0v) is 11.8. The number of carbonyl (C=O) groups is 1. The maximum atomic E-state index is 12.7. The van der Waals surface area contributed by atoms with Crippen LogP contribution in [0.5, 0.6) is 0 Å². The molecule has 2 aromatic heterocycles. The Morgan fingerprint density at radius 3 is 3.10 bits per heavy atom. The van der Waals surface area contributed by atoms with Gasteiger partial charge in [-0.3, -0.25) is 9.89 Å². The van der Waals surface area contributed by atoms with Crippen LogP contribution in [0.2, 0.25) is 0 Å². The van der Waals surface area contributed by atoms with Crippen LogP contribution in [0.3, 0.4) is 0 Å². The van der Waals surface area contributed by atoms with E-state index in [0.717, 1.165) is 47.1 Å². The van der Waals surface area contributed by atoms with E-state index in [1.54, 1.807) is 11.9 Å². The fraction of sp³-hybridized carbons (Fsp3) is 0.250. The van der Waals surface area contributed by atoms with E-state index >= 15 is 0 Å². The summed E-state index contributed by atoms with van der Waals surface area (Å²) in [4.78, 5) is 17.5. The number of rotatable bonds is 2. The molecule has 0 saturated heterocycles. The van der Waals surface area contributed by atoms with Gasteiger partial charge in [-0.15, -0.1) is 0 Å². The van der Waals surface area contributed by atoms with E-state index in [2.05, 4.69) is 15.2 Å². The zero-order valence-electron chi connectivity index (χ0n) is 11.8. The molecule has 0 fully saturated rings. The molecule has 5 nitrogen and oxygen atoms in total. The number of carbonyl (C=O) groups excluding carboxylic acids is 1. The van der Waals surface area contributed by atoms with Gasteiger partial charge >= 0.3 is 0 Å². The predicted molar refractivity (Wildman–Crippen MR) is 81.6 cm³/mol. The van der Waals surface area contributed by atoms with Crippen molar-refractivity contribution in [2.45, 2.75) is 19.3 Å². The van der Waals surface area contributed by atoms with Crippen molar-refractivity contribution in [2.24, 2.45) is 0 Å². The lowest BCUT2D eigenvalue weighted by Crippen LogP contribution is -2.27. The largest absolute Gasteiger partial charge is 0.361 e. The molecule has 1 aliphatic carbocycles. The summed E-state index contributed by atoms with van der Waals surface area (Å²) in [5.74, 6) is -0.0516. The molecule has 4 rings (SSSR count). The normalized spacial score (nSPS) is 13.6. The summed E-state index contributed by atoms with van der Waals surface area (Å²) >= 11 is 0. The highest BCUT2D eigenvalue weighted by atomic mass is 16.2.